The molecule has 5 rings (SSSR count). The number of aromatic amines is 1. The summed E-state index contributed by atoms with van der Waals surface area (Å²) in [6.45, 7) is 4.15. The molecule has 2 aliphatic rings. The molecule has 1 aliphatic heterocycles. The molecule has 1 aromatic heterocycles. The Balaban J connectivity index is 1.34. The number of nitrogens with one attached hydrogen (secondary N) is 1. The number of rotatable bonds is 9. The summed E-state index contributed by atoms with van der Waals surface area (Å²) >= 11 is 0. The summed E-state index contributed by atoms with van der Waals surface area (Å²) in [7, 11) is 1.68. The van der Waals surface area contributed by atoms with Gasteiger partial charge in [0, 0.05) is 37.8 Å². The summed E-state index contributed by atoms with van der Waals surface area (Å²) in [6.07, 6.45) is 5.46. The summed E-state index contributed by atoms with van der Waals surface area (Å²) in [5.41, 5.74) is 2.32. The van der Waals surface area contributed by atoms with Crippen LogP contribution < -0.4 is 14.4 Å². The van der Waals surface area contributed by atoms with E-state index in [1.807, 2.05) is 24.0 Å². The summed E-state index contributed by atoms with van der Waals surface area (Å²) in [5.74, 6) is 3.01. The number of ether oxygens (including phenoxy) is 2. The number of aryl methyl sites for hydroxylation is 1. The van der Waals surface area contributed by atoms with Crippen molar-refractivity contribution >= 4 is 11.6 Å². The molecule has 1 aliphatic carbocycles. The fourth-order valence-corrected chi connectivity index (χ4v) is 4.92. The van der Waals surface area contributed by atoms with Crippen LogP contribution in [-0.4, -0.2) is 64.9 Å². The average Bonchev–Trinajstić information content (AvgIpc) is 3.34. The molecule has 2 heterocycles. The number of hydrogen-bond acceptors (Lipinski definition) is 6. The van der Waals surface area contributed by atoms with Gasteiger partial charge >= 0.3 is 0 Å². The lowest BCUT2D eigenvalue weighted by Crippen LogP contribution is -2.56. The van der Waals surface area contributed by atoms with Crippen molar-refractivity contribution in [1.82, 2.24) is 20.1 Å². The lowest BCUT2D eigenvalue weighted by molar-refractivity contribution is -0.133. The Bertz CT molecular complexity index is 1160. The number of nitrogens with zero attached hydrogens (tertiary/aromatic N) is 4. The maximum absolute atomic E-state index is 13.4. The molecular weight excluding hydrogens is 454 g/mol. The molecule has 190 valence electrons. The second-order valence-electron chi connectivity index (χ2n) is 9.61. The molecule has 0 bridgehead atoms. The third-order valence-corrected chi connectivity index (χ3v) is 7.19. The molecule has 8 nitrogen and oxygen atoms in total. The first-order valence-corrected chi connectivity index (χ1v) is 13.0. The van der Waals surface area contributed by atoms with Crippen LogP contribution in [0.25, 0.3) is 0 Å². The molecule has 1 atom stereocenters. The molecule has 0 radical (unpaired) electrons. The van der Waals surface area contributed by atoms with Crippen LogP contribution in [0.1, 0.15) is 43.4 Å². The van der Waals surface area contributed by atoms with Crippen LogP contribution in [0.5, 0.6) is 11.5 Å². The number of piperazine rings is 1. The van der Waals surface area contributed by atoms with Crippen molar-refractivity contribution in [3.8, 4) is 11.5 Å². The van der Waals surface area contributed by atoms with E-state index in [0.29, 0.717) is 12.4 Å². The summed E-state index contributed by atoms with van der Waals surface area (Å²) in [5, 5.41) is 7.11. The minimum atomic E-state index is 0.0420. The van der Waals surface area contributed by atoms with E-state index in [-0.39, 0.29) is 24.5 Å². The van der Waals surface area contributed by atoms with Crippen LogP contribution in [-0.2, 0) is 24.1 Å². The Kier molecular flexibility index (Phi) is 7.39. The van der Waals surface area contributed by atoms with Crippen LogP contribution in [0.2, 0.25) is 0 Å². The molecule has 1 saturated heterocycles. The Hall–Kier alpha value is -3.55. The van der Waals surface area contributed by atoms with Crippen LogP contribution in [0.3, 0.4) is 0 Å². The van der Waals surface area contributed by atoms with Gasteiger partial charge in [0.15, 0.2) is 11.5 Å². The molecule has 3 aromatic rings. The van der Waals surface area contributed by atoms with Gasteiger partial charge in [-0.05, 0) is 43.4 Å². The number of hydrogen-bond donors (Lipinski definition) is 1. The molecular formula is C28H35N5O3. The zero-order valence-corrected chi connectivity index (χ0v) is 21.2. The summed E-state index contributed by atoms with van der Waals surface area (Å²) in [4.78, 5) is 22.2. The number of H-pyrrole nitrogens is 1. The Morgan fingerprint density at radius 2 is 1.94 bits per heavy atom. The first-order valence-electron chi connectivity index (χ1n) is 13.0. The maximum Gasteiger partial charge on any atom is 0.230 e. The molecule has 36 heavy (non-hydrogen) atoms. The minimum absolute atomic E-state index is 0.0420. The topological polar surface area (TPSA) is 83.6 Å². The standard InChI is InChI=1S/C28H35N5O3/c1-3-26-29-27(31-30-26)18-28(34)33-15-14-32(19-22(33)16-20-8-5-4-6-9-20)21-12-13-24(35-2)25(17-21)36-23-10-7-11-23/h4-6,8-9,12-13,17,22-23H,3,7,10-11,14-16,18-19H2,1-2H3,(H,29,30,31)/t22-/m0/s1. The molecule has 0 unspecified atom stereocenters. The Morgan fingerprint density at radius 1 is 1.11 bits per heavy atom. The molecule has 2 aromatic carbocycles. The third kappa shape index (κ3) is 5.48. The lowest BCUT2D eigenvalue weighted by Gasteiger charge is -2.43. The molecule has 1 saturated carbocycles. The van der Waals surface area contributed by atoms with Crippen LogP contribution >= 0.6 is 0 Å². The quantitative estimate of drug-likeness (QED) is 0.492. The predicted molar refractivity (Wildman–Crippen MR) is 139 cm³/mol. The fraction of sp³-hybridized carbons (Fsp3) is 0.464. The lowest BCUT2D eigenvalue weighted by atomic mass is 9.96. The van der Waals surface area contributed by atoms with Gasteiger partial charge in [-0.15, -0.1) is 0 Å². The van der Waals surface area contributed by atoms with E-state index in [2.05, 4.69) is 56.5 Å². The highest BCUT2D eigenvalue weighted by Crippen LogP contribution is 2.36. The first-order chi connectivity index (χ1) is 17.6. The molecule has 1 amide bonds. The normalized spacial score (nSPS) is 18.1. The highest BCUT2D eigenvalue weighted by atomic mass is 16.5. The van der Waals surface area contributed by atoms with Crippen LogP contribution in [0, 0.1) is 0 Å². The van der Waals surface area contributed by atoms with E-state index >= 15 is 0 Å². The highest BCUT2D eigenvalue weighted by Gasteiger charge is 2.32. The zero-order valence-electron chi connectivity index (χ0n) is 21.2. The number of carbonyl (C=O) groups excluding carboxylic acids is 1. The van der Waals surface area contributed by atoms with Gasteiger partial charge in [-0.2, -0.15) is 5.10 Å². The van der Waals surface area contributed by atoms with Crippen molar-refractivity contribution in [3.05, 3.63) is 65.7 Å². The van der Waals surface area contributed by atoms with Gasteiger partial charge in [0.25, 0.3) is 0 Å². The summed E-state index contributed by atoms with van der Waals surface area (Å²) < 4.78 is 11.8. The van der Waals surface area contributed by atoms with E-state index in [1.165, 1.54) is 12.0 Å². The van der Waals surface area contributed by atoms with Crippen molar-refractivity contribution in [3.63, 3.8) is 0 Å². The SMILES string of the molecule is CCc1n[nH]c(CC(=O)N2CCN(c3ccc(OC)c(OC4CCC4)c3)C[C@@H]2Cc2ccccc2)n1. The van der Waals surface area contributed by atoms with E-state index in [0.717, 1.165) is 61.8 Å². The van der Waals surface area contributed by atoms with E-state index in [1.54, 1.807) is 7.11 Å². The molecule has 2 fully saturated rings. The Labute approximate surface area is 212 Å². The molecule has 0 spiro atoms. The number of carbonyl (C=O) groups is 1. The van der Waals surface area contributed by atoms with E-state index < -0.39 is 0 Å². The number of amides is 1. The van der Waals surface area contributed by atoms with Crippen molar-refractivity contribution in [2.45, 2.75) is 57.6 Å². The number of methoxy groups -OCH3 is 1. The van der Waals surface area contributed by atoms with Crippen molar-refractivity contribution < 1.29 is 14.3 Å². The number of anilines is 1. The van der Waals surface area contributed by atoms with Gasteiger partial charge in [0.1, 0.15) is 11.6 Å². The smallest absolute Gasteiger partial charge is 0.230 e. The number of aromatic nitrogens is 3. The monoisotopic (exact) mass is 489 g/mol. The van der Waals surface area contributed by atoms with Crippen molar-refractivity contribution in [1.29, 1.82) is 0 Å². The fourth-order valence-electron chi connectivity index (χ4n) is 4.92. The van der Waals surface area contributed by atoms with Gasteiger partial charge in [-0.25, -0.2) is 4.98 Å². The highest BCUT2D eigenvalue weighted by molar-refractivity contribution is 5.78. The molecule has 1 N–H and O–H groups in total. The average molecular weight is 490 g/mol. The largest absolute Gasteiger partial charge is 0.493 e. The third-order valence-electron chi connectivity index (χ3n) is 7.19. The van der Waals surface area contributed by atoms with Crippen LogP contribution in [0.4, 0.5) is 5.69 Å². The van der Waals surface area contributed by atoms with Gasteiger partial charge in [-0.1, -0.05) is 37.3 Å². The van der Waals surface area contributed by atoms with Gasteiger partial charge in [0.2, 0.25) is 5.91 Å². The van der Waals surface area contributed by atoms with Gasteiger partial charge in [0.05, 0.1) is 25.7 Å². The summed E-state index contributed by atoms with van der Waals surface area (Å²) in [6, 6.07) is 16.6. The second-order valence-corrected chi connectivity index (χ2v) is 9.61. The van der Waals surface area contributed by atoms with Gasteiger partial charge in [-0.3, -0.25) is 9.89 Å². The van der Waals surface area contributed by atoms with E-state index in [9.17, 15) is 4.79 Å². The zero-order chi connectivity index (χ0) is 24.9. The van der Waals surface area contributed by atoms with Crippen LogP contribution in [0.15, 0.2) is 48.5 Å². The predicted octanol–water partition coefficient (Wildman–Crippen LogP) is 3.81. The van der Waals surface area contributed by atoms with Crippen molar-refractivity contribution in [2.75, 3.05) is 31.6 Å². The maximum atomic E-state index is 13.4. The second kappa shape index (κ2) is 11.0. The van der Waals surface area contributed by atoms with Crippen molar-refractivity contribution in [2.24, 2.45) is 0 Å². The van der Waals surface area contributed by atoms with Gasteiger partial charge < -0.3 is 19.3 Å². The Morgan fingerprint density at radius 3 is 2.64 bits per heavy atom. The molecule has 8 heteroatoms. The van der Waals surface area contributed by atoms with E-state index in [4.69, 9.17) is 9.47 Å². The first kappa shape index (κ1) is 24.2. The number of benzene rings is 2. The minimum Gasteiger partial charge on any atom is -0.493 e.